The zero-order valence-corrected chi connectivity index (χ0v) is 13.9. The molecule has 2 aromatic rings. The fourth-order valence-corrected chi connectivity index (χ4v) is 2.73. The molecule has 2 heterocycles. The Bertz CT molecular complexity index is 624. The lowest BCUT2D eigenvalue weighted by molar-refractivity contribution is 0.0757. The molecule has 6 nitrogen and oxygen atoms in total. The second-order valence-electron chi connectivity index (χ2n) is 5.82. The highest BCUT2D eigenvalue weighted by atomic mass is 19.1. The number of piperazine rings is 1. The van der Waals surface area contributed by atoms with Crippen LogP contribution >= 0.6 is 0 Å². The largest absolute Gasteiger partial charge is 0.419 e. The minimum atomic E-state index is -0.277. The predicted octanol–water partition coefficient (Wildman–Crippen LogP) is 2.03. The number of hydrogen-bond acceptors (Lipinski definition) is 6. The summed E-state index contributed by atoms with van der Waals surface area (Å²) in [5, 5.41) is 8.16. The molecule has 1 fully saturated rings. The van der Waals surface area contributed by atoms with Gasteiger partial charge >= 0.3 is 0 Å². The first-order valence-electron chi connectivity index (χ1n) is 8.35. The monoisotopic (exact) mass is 334 g/mol. The lowest BCUT2D eigenvalue weighted by Gasteiger charge is -2.33. The van der Waals surface area contributed by atoms with Crippen LogP contribution in [0.1, 0.15) is 12.8 Å². The molecule has 1 aromatic carbocycles. The molecule has 0 aliphatic carbocycles. The molecule has 1 aliphatic heterocycles. The van der Waals surface area contributed by atoms with Crippen LogP contribution in [0, 0.1) is 5.82 Å². The topological polar surface area (TPSA) is 54.6 Å². The molecule has 0 unspecified atom stereocenters. The van der Waals surface area contributed by atoms with Crippen molar-refractivity contribution < 1.29 is 13.5 Å². The Morgan fingerprint density at radius 1 is 1.08 bits per heavy atom. The van der Waals surface area contributed by atoms with Crippen molar-refractivity contribution in [3.8, 4) is 11.5 Å². The minimum absolute atomic E-state index is 0.277. The van der Waals surface area contributed by atoms with Gasteiger partial charge in [-0.05, 0) is 31.2 Å². The Balaban J connectivity index is 1.48. The third-order valence-corrected chi connectivity index (χ3v) is 4.14. The van der Waals surface area contributed by atoms with Crippen molar-refractivity contribution >= 4 is 0 Å². The SMILES string of the molecule is CCOCCN1CCN(Cc2nnc(-c3ccc(F)cc3)o2)CC1. The molecule has 0 amide bonds. The molecule has 0 N–H and O–H groups in total. The van der Waals surface area contributed by atoms with E-state index < -0.39 is 0 Å². The molecule has 0 bridgehead atoms. The first-order chi connectivity index (χ1) is 11.7. The molecule has 1 aromatic heterocycles. The first-order valence-corrected chi connectivity index (χ1v) is 8.35. The molecule has 130 valence electrons. The number of halogens is 1. The fraction of sp³-hybridized carbons (Fsp3) is 0.529. The molecule has 0 saturated carbocycles. The third-order valence-electron chi connectivity index (χ3n) is 4.14. The maximum atomic E-state index is 13.0. The number of ether oxygens (including phenoxy) is 1. The average molecular weight is 334 g/mol. The summed E-state index contributed by atoms with van der Waals surface area (Å²) in [6.07, 6.45) is 0. The van der Waals surface area contributed by atoms with Crippen LogP contribution < -0.4 is 0 Å². The molecule has 7 heteroatoms. The van der Waals surface area contributed by atoms with E-state index in [0.717, 1.165) is 51.5 Å². The van der Waals surface area contributed by atoms with Gasteiger partial charge < -0.3 is 9.15 Å². The van der Waals surface area contributed by atoms with Crippen molar-refractivity contribution in [3.63, 3.8) is 0 Å². The number of nitrogens with zero attached hydrogens (tertiary/aromatic N) is 4. The van der Waals surface area contributed by atoms with Gasteiger partial charge in [-0.15, -0.1) is 10.2 Å². The van der Waals surface area contributed by atoms with Crippen molar-refractivity contribution in [2.24, 2.45) is 0 Å². The standard InChI is InChI=1S/C17H23FN4O2/c1-2-23-12-11-21-7-9-22(10-8-21)13-16-19-20-17(24-16)14-3-5-15(18)6-4-14/h3-6H,2,7-13H2,1H3. The normalized spacial score (nSPS) is 16.6. The second-order valence-corrected chi connectivity index (χ2v) is 5.82. The van der Waals surface area contributed by atoms with E-state index in [0.29, 0.717) is 18.3 Å². The van der Waals surface area contributed by atoms with Gasteiger partial charge in [0.25, 0.3) is 0 Å². The highest BCUT2D eigenvalue weighted by Crippen LogP contribution is 2.19. The molecular weight excluding hydrogens is 311 g/mol. The van der Waals surface area contributed by atoms with Gasteiger partial charge in [-0.3, -0.25) is 9.80 Å². The lowest BCUT2D eigenvalue weighted by Crippen LogP contribution is -2.46. The van der Waals surface area contributed by atoms with Crippen LogP contribution in [0.4, 0.5) is 4.39 Å². The van der Waals surface area contributed by atoms with Gasteiger partial charge in [0.1, 0.15) is 5.82 Å². The van der Waals surface area contributed by atoms with Crippen LogP contribution in [-0.2, 0) is 11.3 Å². The minimum Gasteiger partial charge on any atom is -0.419 e. The van der Waals surface area contributed by atoms with Gasteiger partial charge in [-0.2, -0.15) is 0 Å². The quantitative estimate of drug-likeness (QED) is 0.722. The molecular formula is C17H23FN4O2. The van der Waals surface area contributed by atoms with E-state index in [1.54, 1.807) is 12.1 Å². The van der Waals surface area contributed by atoms with Crippen molar-refractivity contribution in [2.45, 2.75) is 13.5 Å². The summed E-state index contributed by atoms with van der Waals surface area (Å²) in [6.45, 7) is 9.19. The fourth-order valence-electron chi connectivity index (χ4n) is 2.73. The lowest BCUT2D eigenvalue weighted by atomic mass is 10.2. The van der Waals surface area contributed by atoms with E-state index in [1.165, 1.54) is 12.1 Å². The summed E-state index contributed by atoms with van der Waals surface area (Å²) in [6, 6.07) is 6.06. The first kappa shape index (κ1) is 17.0. The molecule has 1 aliphatic rings. The van der Waals surface area contributed by atoms with Crippen LogP contribution in [0.3, 0.4) is 0 Å². The molecule has 24 heavy (non-hydrogen) atoms. The van der Waals surface area contributed by atoms with Crippen LogP contribution in [0.25, 0.3) is 11.5 Å². The Morgan fingerprint density at radius 2 is 1.79 bits per heavy atom. The highest BCUT2D eigenvalue weighted by Gasteiger charge is 2.19. The smallest absolute Gasteiger partial charge is 0.247 e. The zero-order chi connectivity index (χ0) is 16.8. The Hall–Kier alpha value is -1.83. The van der Waals surface area contributed by atoms with Crippen molar-refractivity contribution in [3.05, 3.63) is 36.0 Å². The second kappa shape index (κ2) is 8.32. The van der Waals surface area contributed by atoms with Gasteiger partial charge in [0, 0.05) is 44.9 Å². The summed E-state index contributed by atoms with van der Waals surface area (Å²) in [5.41, 5.74) is 0.732. The molecule has 0 atom stereocenters. The van der Waals surface area contributed by atoms with Crippen LogP contribution in [0.5, 0.6) is 0 Å². The third kappa shape index (κ3) is 4.59. The molecule has 3 rings (SSSR count). The average Bonchev–Trinajstić information content (AvgIpc) is 3.06. The van der Waals surface area contributed by atoms with E-state index in [2.05, 4.69) is 20.0 Å². The van der Waals surface area contributed by atoms with E-state index in [1.807, 2.05) is 6.92 Å². The van der Waals surface area contributed by atoms with E-state index >= 15 is 0 Å². The Kier molecular flexibility index (Phi) is 5.90. The summed E-state index contributed by atoms with van der Waals surface area (Å²) in [4.78, 5) is 4.71. The van der Waals surface area contributed by atoms with Gasteiger partial charge in [0.2, 0.25) is 11.8 Å². The van der Waals surface area contributed by atoms with E-state index in [4.69, 9.17) is 9.15 Å². The van der Waals surface area contributed by atoms with Gasteiger partial charge in [0.15, 0.2) is 0 Å². The van der Waals surface area contributed by atoms with Crippen molar-refractivity contribution in [1.82, 2.24) is 20.0 Å². The highest BCUT2D eigenvalue weighted by molar-refractivity contribution is 5.51. The van der Waals surface area contributed by atoms with Crippen LogP contribution in [0.15, 0.2) is 28.7 Å². The Labute approximate surface area is 141 Å². The number of aromatic nitrogens is 2. The van der Waals surface area contributed by atoms with Crippen LogP contribution in [-0.4, -0.2) is 65.9 Å². The maximum absolute atomic E-state index is 13.0. The summed E-state index contributed by atoms with van der Waals surface area (Å²) in [5.74, 6) is 0.748. The molecule has 1 saturated heterocycles. The van der Waals surface area contributed by atoms with Crippen molar-refractivity contribution in [2.75, 3.05) is 45.9 Å². The van der Waals surface area contributed by atoms with Crippen molar-refractivity contribution in [1.29, 1.82) is 0 Å². The number of benzene rings is 1. The van der Waals surface area contributed by atoms with Gasteiger partial charge in [0.05, 0.1) is 13.2 Å². The predicted molar refractivity (Wildman–Crippen MR) is 87.9 cm³/mol. The number of rotatable bonds is 7. The maximum Gasteiger partial charge on any atom is 0.247 e. The number of hydrogen-bond donors (Lipinski definition) is 0. The molecule has 0 spiro atoms. The summed E-state index contributed by atoms with van der Waals surface area (Å²) < 4.78 is 24.1. The summed E-state index contributed by atoms with van der Waals surface area (Å²) in [7, 11) is 0. The van der Waals surface area contributed by atoms with E-state index in [9.17, 15) is 4.39 Å². The summed E-state index contributed by atoms with van der Waals surface area (Å²) >= 11 is 0. The van der Waals surface area contributed by atoms with Crippen LogP contribution in [0.2, 0.25) is 0 Å². The van der Waals surface area contributed by atoms with E-state index in [-0.39, 0.29) is 5.82 Å². The molecule has 0 radical (unpaired) electrons. The zero-order valence-electron chi connectivity index (χ0n) is 13.9. The van der Waals surface area contributed by atoms with Gasteiger partial charge in [-0.1, -0.05) is 0 Å². The Morgan fingerprint density at radius 3 is 2.50 bits per heavy atom. The van der Waals surface area contributed by atoms with Gasteiger partial charge in [-0.25, -0.2) is 4.39 Å².